The smallest absolute Gasteiger partial charge is 0.315 e. The molecule has 38 heavy (non-hydrogen) atoms. The zero-order valence-electron chi connectivity index (χ0n) is 20.7. The molecule has 2 aliphatic heterocycles. The van der Waals surface area contributed by atoms with E-state index in [0.717, 1.165) is 24.2 Å². The number of carbonyl (C=O) groups is 2. The van der Waals surface area contributed by atoms with Crippen molar-refractivity contribution in [3.05, 3.63) is 86.6 Å². The number of benzene rings is 2. The average Bonchev–Trinajstić information content (AvgIpc) is 3.57. The molecule has 3 aromatic rings. The Hall–Kier alpha value is -3.30. The molecular formula is C28H27ClN4O4S. The Morgan fingerprint density at radius 2 is 1.74 bits per heavy atom. The highest BCUT2D eigenvalue weighted by atomic mass is 35.5. The average molecular weight is 551 g/mol. The van der Waals surface area contributed by atoms with Gasteiger partial charge in [0.25, 0.3) is 5.91 Å². The maximum atomic E-state index is 13.7. The number of aromatic nitrogens is 2. The van der Waals surface area contributed by atoms with Crippen LogP contribution in [-0.2, 0) is 24.2 Å². The first-order valence-corrected chi connectivity index (χ1v) is 14.2. The normalized spacial score (nSPS) is 19.1. The van der Waals surface area contributed by atoms with Gasteiger partial charge in [-0.25, -0.2) is 0 Å². The Balaban J connectivity index is 1.26. The third kappa shape index (κ3) is 4.37. The first-order valence-electron chi connectivity index (χ1n) is 12.8. The molecule has 8 nitrogen and oxygen atoms in total. The van der Waals surface area contributed by atoms with Crippen molar-refractivity contribution in [2.75, 3.05) is 18.8 Å². The minimum absolute atomic E-state index is 0.0213. The molecule has 196 valence electrons. The maximum absolute atomic E-state index is 13.7. The first-order chi connectivity index (χ1) is 18.4. The van der Waals surface area contributed by atoms with Crippen LogP contribution in [0.5, 0.6) is 5.75 Å². The fourth-order valence-corrected chi connectivity index (χ4v) is 7.05. The van der Waals surface area contributed by atoms with Gasteiger partial charge in [0.05, 0.1) is 16.8 Å². The van der Waals surface area contributed by atoms with E-state index >= 15 is 0 Å². The van der Waals surface area contributed by atoms with E-state index in [0.29, 0.717) is 36.9 Å². The standard InChI is InChI=1S/C28H27ClN4O4S/c29-20-8-3-4-10-22(20)38-16-23(34)32-11-5-9-21(32)26-30-27(36)25(35)24-28(37)31(12-13-33(24)26)19-14-17-6-1-2-7-18(17)15-19/h1-4,6-8,10,19,21,35H,5,9,11-16H2/t21-/m0/s1. The largest absolute Gasteiger partial charge is 0.501 e. The van der Waals surface area contributed by atoms with E-state index in [1.165, 1.54) is 22.9 Å². The SMILES string of the molecule is O=C1c2c(O)c(=O)nc([C@@H]3CCCN3C(=O)CSc3ccccc3Cl)n2CCN1C1Cc2ccccc2C1. The van der Waals surface area contributed by atoms with E-state index in [4.69, 9.17) is 11.6 Å². The maximum Gasteiger partial charge on any atom is 0.315 e. The summed E-state index contributed by atoms with van der Waals surface area (Å²) in [5.41, 5.74) is 1.60. The van der Waals surface area contributed by atoms with E-state index < -0.39 is 17.4 Å². The lowest BCUT2D eigenvalue weighted by Crippen LogP contribution is -2.49. The lowest BCUT2D eigenvalue weighted by Gasteiger charge is -2.36. The minimum Gasteiger partial charge on any atom is -0.501 e. The second-order valence-corrected chi connectivity index (χ2v) is 11.3. The summed E-state index contributed by atoms with van der Waals surface area (Å²) in [5.74, 6) is -0.494. The first kappa shape index (κ1) is 25.0. The molecule has 0 saturated carbocycles. The van der Waals surface area contributed by atoms with Crippen LogP contribution in [0, 0.1) is 0 Å². The van der Waals surface area contributed by atoms with Crippen LogP contribution in [0.15, 0.2) is 58.2 Å². The number of carbonyl (C=O) groups excluding carboxylic acids is 2. The van der Waals surface area contributed by atoms with Crippen LogP contribution in [0.1, 0.15) is 46.3 Å². The number of fused-ring (bicyclic) bond motifs is 2. The van der Waals surface area contributed by atoms with E-state index in [2.05, 4.69) is 17.1 Å². The minimum atomic E-state index is -0.833. The number of aromatic hydroxyl groups is 1. The Bertz CT molecular complexity index is 1470. The molecule has 1 aliphatic carbocycles. The van der Waals surface area contributed by atoms with Gasteiger partial charge >= 0.3 is 5.56 Å². The lowest BCUT2D eigenvalue weighted by atomic mass is 10.1. The monoisotopic (exact) mass is 550 g/mol. The number of likely N-dealkylation sites (tertiary alicyclic amines) is 1. The molecule has 6 rings (SSSR count). The van der Waals surface area contributed by atoms with Gasteiger partial charge in [0.2, 0.25) is 11.7 Å². The molecular weight excluding hydrogens is 524 g/mol. The van der Waals surface area contributed by atoms with Gasteiger partial charge in [-0.1, -0.05) is 48.0 Å². The predicted octanol–water partition coefficient (Wildman–Crippen LogP) is 3.68. The van der Waals surface area contributed by atoms with E-state index in [1.54, 1.807) is 20.4 Å². The molecule has 2 amide bonds. The number of halogens is 1. The Kier molecular flexibility index (Phi) is 6.65. The van der Waals surface area contributed by atoms with Gasteiger partial charge in [-0.15, -0.1) is 11.8 Å². The van der Waals surface area contributed by atoms with Crippen molar-refractivity contribution in [1.29, 1.82) is 0 Å². The van der Waals surface area contributed by atoms with Crippen molar-refractivity contribution in [2.24, 2.45) is 0 Å². The molecule has 0 bridgehead atoms. The van der Waals surface area contributed by atoms with Crippen LogP contribution in [0.4, 0.5) is 0 Å². The molecule has 3 aliphatic rings. The summed E-state index contributed by atoms with van der Waals surface area (Å²) in [5, 5.41) is 11.3. The number of hydrogen-bond donors (Lipinski definition) is 1. The van der Waals surface area contributed by atoms with E-state index in [1.807, 2.05) is 30.3 Å². The Morgan fingerprint density at radius 1 is 1.03 bits per heavy atom. The molecule has 0 spiro atoms. The van der Waals surface area contributed by atoms with Crippen molar-refractivity contribution >= 4 is 35.2 Å². The molecule has 1 atom stereocenters. The number of amides is 2. The predicted molar refractivity (Wildman–Crippen MR) is 145 cm³/mol. The fourth-order valence-electron chi connectivity index (χ4n) is 5.93. The fraction of sp³-hybridized carbons (Fsp3) is 0.357. The van der Waals surface area contributed by atoms with Crippen molar-refractivity contribution in [3.8, 4) is 5.75 Å². The molecule has 0 radical (unpaired) electrons. The van der Waals surface area contributed by atoms with Crippen molar-refractivity contribution in [1.82, 2.24) is 19.4 Å². The second-order valence-electron chi connectivity index (χ2n) is 9.92. The van der Waals surface area contributed by atoms with Gasteiger partial charge in [0, 0.05) is 30.6 Å². The summed E-state index contributed by atoms with van der Waals surface area (Å²) in [6, 6.07) is 15.1. The topological polar surface area (TPSA) is 95.7 Å². The highest BCUT2D eigenvalue weighted by Crippen LogP contribution is 2.36. The molecule has 1 saturated heterocycles. The molecule has 0 unspecified atom stereocenters. The Morgan fingerprint density at radius 3 is 2.47 bits per heavy atom. The molecule has 1 aromatic heterocycles. The summed E-state index contributed by atoms with van der Waals surface area (Å²) in [4.78, 5) is 48.2. The highest BCUT2D eigenvalue weighted by molar-refractivity contribution is 8.00. The number of rotatable bonds is 5. The second kappa shape index (κ2) is 10.1. The van der Waals surface area contributed by atoms with Crippen LogP contribution >= 0.6 is 23.4 Å². The zero-order valence-corrected chi connectivity index (χ0v) is 22.2. The van der Waals surface area contributed by atoms with Crippen LogP contribution in [0.2, 0.25) is 5.02 Å². The molecule has 2 aromatic carbocycles. The highest BCUT2D eigenvalue weighted by Gasteiger charge is 2.40. The summed E-state index contributed by atoms with van der Waals surface area (Å²) in [7, 11) is 0. The van der Waals surface area contributed by atoms with Crippen LogP contribution in [0.3, 0.4) is 0 Å². The third-order valence-corrected chi connectivity index (χ3v) is 9.25. The van der Waals surface area contributed by atoms with Crippen molar-refractivity contribution < 1.29 is 14.7 Å². The van der Waals surface area contributed by atoms with Gasteiger partial charge in [0.15, 0.2) is 5.69 Å². The Labute approximate surface area is 229 Å². The van der Waals surface area contributed by atoms with Gasteiger partial charge in [0.1, 0.15) is 5.82 Å². The third-order valence-electron chi connectivity index (χ3n) is 7.75. The number of thioether (sulfide) groups is 1. The quantitative estimate of drug-likeness (QED) is 0.487. The molecule has 1 N–H and O–H groups in total. The van der Waals surface area contributed by atoms with Gasteiger partial charge in [-0.3, -0.25) is 14.4 Å². The van der Waals surface area contributed by atoms with Crippen LogP contribution in [-0.4, -0.2) is 61.2 Å². The van der Waals surface area contributed by atoms with Gasteiger partial charge in [-0.05, 0) is 48.9 Å². The van der Waals surface area contributed by atoms with E-state index in [9.17, 15) is 19.5 Å². The molecule has 3 heterocycles. The summed E-state index contributed by atoms with van der Waals surface area (Å²) in [6.45, 7) is 1.39. The lowest BCUT2D eigenvalue weighted by molar-refractivity contribution is -0.129. The summed E-state index contributed by atoms with van der Waals surface area (Å²) in [6.07, 6.45) is 2.90. The van der Waals surface area contributed by atoms with Gasteiger partial charge < -0.3 is 19.5 Å². The van der Waals surface area contributed by atoms with Crippen molar-refractivity contribution in [3.63, 3.8) is 0 Å². The van der Waals surface area contributed by atoms with Crippen LogP contribution < -0.4 is 5.56 Å². The molecule has 1 fully saturated rings. The zero-order chi connectivity index (χ0) is 26.4. The van der Waals surface area contributed by atoms with Crippen molar-refractivity contribution in [2.45, 2.75) is 49.2 Å². The van der Waals surface area contributed by atoms with Crippen LogP contribution in [0.25, 0.3) is 0 Å². The number of hydrogen-bond acceptors (Lipinski definition) is 6. The summed E-state index contributed by atoms with van der Waals surface area (Å²) < 4.78 is 1.66. The molecule has 10 heteroatoms. The van der Waals surface area contributed by atoms with Gasteiger partial charge in [-0.2, -0.15) is 4.98 Å². The number of nitrogens with zero attached hydrogens (tertiary/aromatic N) is 4. The summed E-state index contributed by atoms with van der Waals surface area (Å²) >= 11 is 7.62. The van der Waals surface area contributed by atoms with E-state index in [-0.39, 0.29) is 29.3 Å².